The molecule has 1 amide bonds. The highest BCUT2D eigenvalue weighted by Gasteiger charge is 2.24. The van der Waals surface area contributed by atoms with E-state index in [4.69, 9.17) is 0 Å². The van der Waals surface area contributed by atoms with Crippen LogP contribution in [0.25, 0.3) is 0 Å². The molecule has 0 aromatic carbocycles. The maximum atomic E-state index is 11.8. The highest BCUT2D eigenvalue weighted by molar-refractivity contribution is 7.15. The van der Waals surface area contributed by atoms with Crippen LogP contribution in [0.15, 0.2) is 0 Å². The molecular formula is C14H24N4OS. The quantitative estimate of drug-likeness (QED) is 0.900. The molecular weight excluding hydrogens is 272 g/mol. The molecule has 0 spiro atoms. The number of piperazine rings is 1. The molecule has 1 atom stereocenters. The van der Waals surface area contributed by atoms with Crippen LogP contribution in [0.3, 0.4) is 0 Å². The maximum Gasteiger partial charge on any atom is 0.241 e. The van der Waals surface area contributed by atoms with Crippen molar-refractivity contribution in [2.45, 2.75) is 33.2 Å². The van der Waals surface area contributed by atoms with Gasteiger partial charge in [0, 0.05) is 31.1 Å². The van der Waals surface area contributed by atoms with Crippen molar-refractivity contribution >= 4 is 22.4 Å². The Morgan fingerprint density at radius 3 is 2.85 bits per heavy atom. The minimum Gasteiger partial charge on any atom is -0.342 e. The molecule has 1 N–H and O–H groups in total. The highest BCUT2D eigenvalue weighted by Crippen LogP contribution is 2.31. The summed E-state index contributed by atoms with van der Waals surface area (Å²) in [7, 11) is 1.86. The van der Waals surface area contributed by atoms with Gasteiger partial charge in [-0.1, -0.05) is 18.3 Å². The molecule has 1 fully saturated rings. The number of nitrogens with one attached hydrogen (secondary N) is 1. The van der Waals surface area contributed by atoms with Gasteiger partial charge in [-0.3, -0.25) is 4.79 Å². The van der Waals surface area contributed by atoms with Crippen molar-refractivity contribution in [2.75, 3.05) is 38.1 Å². The number of aryl methyl sites for hydroxylation is 1. The lowest BCUT2D eigenvalue weighted by Crippen LogP contribution is -2.48. The normalized spacial score (nSPS) is 17.7. The fourth-order valence-electron chi connectivity index (χ4n) is 2.31. The molecule has 2 rings (SSSR count). The van der Waals surface area contributed by atoms with E-state index in [0.717, 1.165) is 36.9 Å². The number of hydrogen-bond acceptors (Lipinski definition) is 5. The Morgan fingerprint density at radius 2 is 2.20 bits per heavy atom. The lowest BCUT2D eigenvalue weighted by atomic mass is 10.2. The van der Waals surface area contributed by atoms with E-state index in [1.165, 1.54) is 4.88 Å². The van der Waals surface area contributed by atoms with Gasteiger partial charge >= 0.3 is 0 Å². The monoisotopic (exact) mass is 296 g/mol. The van der Waals surface area contributed by atoms with Gasteiger partial charge in [-0.2, -0.15) is 0 Å². The van der Waals surface area contributed by atoms with Crippen molar-refractivity contribution in [1.29, 1.82) is 0 Å². The Kier molecular flexibility index (Phi) is 4.99. The van der Waals surface area contributed by atoms with Gasteiger partial charge < -0.3 is 15.1 Å². The Labute approximate surface area is 125 Å². The number of thiazole rings is 1. The third kappa shape index (κ3) is 3.30. The van der Waals surface area contributed by atoms with Crippen molar-refractivity contribution in [2.24, 2.45) is 0 Å². The van der Waals surface area contributed by atoms with E-state index in [0.29, 0.717) is 12.6 Å². The molecule has 6 heteroatoms. The number of carbonyl (C=O) groups is 1. The molecule has 1 unspecified atom stereocenters. The van der Waals surface area contributed by atoms with Gasteiger partial charge in [0.05, 0.1) is 12.2 Å². The summed E-state index contributed by atoms with van der Waals surface area (Å²) >= 11 is 1.71. The number of hydrogen-bond donors (Lipinski definition) is 1. The van der Waals surface area contributed by atoms with Gasteiger partial charge in [0.25, 0.3) is 0 Å². The lowest BCUT2D eigenvalue weighted by molar-refractivity contribution is -0.129. The topological polar surface area (TPSA) is 48.5 Å². The third-order valence-electron chi connectivity index (χ3n) is 3.64. The summed E-state index contributed by atoms with van der Waals surface area (Å²) in [6, 6.07) is 0.323. The molecule has 0 radical (unpaired) electrons. The molecule has 1 aliphatic heterocycles. The number of anilines is 1. The summed E-state index contributed by atoms with van der Waals surface area (Å²) in [5, 5.41) is 4.47. The molecule has 0 aliphatic carbocycles. The van der Waals surface area contributed by atoms with Crippen LogP contribution in [-0.2, 0) is 4.79 Å². The molecule has 1 aromatic rings. The zero-order valence-corrected chi connectivity index (χ0v) is 13.6. The second-order valence-electron chi connectivity index (χ2n) is 5.36. The second-order valence-corrected chi connectivity index (χ2v) is 6.37. The van der Waals surface area contributed by atoms with E-state index < -0.39 is 0 Å². The van der Waals surface area contributed by atoms with Gasteiger partial charge in [0.2, 0.25) is 5.91 Å². The molecule has 0 saturated carbocycles. The zero-order chi connectivity index (χ0) is 14.7. The van der Waals surface area contributed by atoms with Crippen molar-refractivity contribution < 1.29 is 4.79 Å². The smallest absolute Gasteiger partial charge is 0.241 e. The summed E-state index contributed by atoms with van der Waals surface area (Å²) in [5.74, 6) is 0.169. The van der Waals surface area contributed by atoms with Gasteiger partial charge in [0.15, 0.2) is 5.13 Å². The van der Waals surface area contributed by atoms with E-state index in [1.54, 1.807) is 16.2 Å². The molecule has 0 bridgehead atoms. The number of aromatic nitrogens is 1. The molecule has 2 heterocycles. The van der Waals surface area contributed by atoms with Crippen LogP contribution in [0.1, 0.15) is 36.9 Å². The Bertz CT molecular complexity index is 474. The molecule has 1 aromatic heterocycles. The molecule has 1 saturated heterocycles. The van der Waals surface area contributed by atoms with Crippen LogP contribution < -0.4 is 10.2 Å². The maximum absolute atomic E-state index is 11.8. The first-order chi connectivity index (χ1) is 9.52. The largest absolute Gasteiger partial charge is 0.342 e. The second kappa shape index (κ2) is 6.54. The number of amides is 1. The molecule has 5 nitrogen and oxygen atoms in total. The summed E-state index contributed by atoms with van der Waals surface area (Å²) in [6.07, 6.45) is 1.13. The van der Waals surface area contributed by atoms with Gasteiger partial charge in [-0.15, -0.1) is 0 Å². The fourth-order valence-corrected chi connectivity index (χ4v) is 3.42. The number of carbonyl (C=O) groups excluding carboxylic acids is 1. The van der Waals surface area contributed by atoms with Crippen LogP contribution in [-0.4, -0.2) is 49.0 Å². The highest BCUT2D eigenvalue weighted by atomic mass is 32.1. The van der Waals surface area contributed by atoms with Crippen LogP contribution >= 0.6 is 11.3 Å². The van der Waals surface area contributed by atoms with Crippen LogP contribution in [0, 0.1) is 6.92 Å². The fraction of sp³-hybridized carbons (Fsp3) is 0.714. The van der Waals surface area contributed by atoms with E-state index >= 15 is 0 Å². The van der Waals surface area contributed by atoms with Crippen LogP contribution in [0.2, 0.25) is 0 Å². The van der Waals surface area contributed by atoms with Gasteiger partial charge in [0.1, 0.15) is 0 Å². The summed E-state index contributed by atoms with van der Waals surface area (Å²) < 4.78 is 0. The Hall–Kier alpha value is -1.14. The number of likely N-dealkylation sites (N-methyl/N-ethyl adjacent to an activating group) is 1. The van der Waals surface area contributed by atoms with E-state index in [1.807, 2.05) is 7.05 Å². The Balaban J connectivity index is 2.08. The minimum atomic E-state index is 0.169. The van der Waals surface area contributed by atoms with E-state index in [2.05, 4.69) is 36.0 Å². The number of rotatable bonds is 5. The molecule has 20 heavy (non-hydrogen) atoms. The van der Waals surface area contributed by atoms with Crippen molar-refractivity contribution in [1.82, 2.24) is 15.2 Å². The predicted octanol–water partition coefficient (Wildman–Crippen LogP) is 1.79. The molecule has 112 valence electrons. The van der Waals surface area contributed by atoms with E-state index in [9.17, 15) is 4.79 Å². The first-order valence-corrected chi connectivity index (χ1v) is 8.04. The average molecular weight is 296 g/mol. The summed E-state index contributed by atoms with van der Waals surface area (Å²) in [6.45, 7) is 9.50. The van der Waals surface area contributed by atoms with Crippen molar-refractivity contribution in [3.8, 4) is 0 Å². The zero-order valence-electron chi connectivity index (χ0n) is 12.8. The summed E-state index contributed by atoms with van der Waals surface area (Å²) in [5.41, 5.74) is 1.08. The third-order valence-corrected chi connectivity index (χ3v) is 5.04. The standard InChI is InChI=1S/C14H24N4OS/c1-5-6-15-10(2)13-11(3)16-14(20-13)18-8-7-17(4)12(19)9-18/h10,15H,5-9H2,1-4H3. The first kappa shape index (κ1) is 15.3. The van der Waals surface area contributed by atoms with Crippen LogP contribution in [0.5, 0.6) is 0 Å². The number of nitrogens with zero attached hydrogens (tertiary/aromatic N) is 3. The van der Waals surface area contributed by atoms with Gasteiger partial charge in [-0.05, 0) is 26.8 Å². The predicted molar refractivity (Wildman–Crippen MR) is 83.4 cm³/mol. The van der Waals surface area contributed by atoms with Crippen molar-refractivity contribution in [3.63, 3.8) is 0 Å². The Morgan fingerprint density at radius 1 is 1.45 bits per heavy atom. The lowest BCUT2D eigenvalue weighted by Gasteiger charge is -2.31. The van der Waals surface area contributed by atoms with E-state index in [-0.39, 0.29) is 5.91 Å². The average Bonchev–Trinajstić information content (AvgIpc) is 2.81. The first-order valence-electron chi connectivity index (χ1n) is 7.22. The SMILES string of the molecule is CCCNC(C)c1sc(N2CCN(C)C(=O)C2)nc1C. The minimum absolute atomic E-state index is 0.169. The van der Waals surface area contributed by atoms with Crippen molar-refractivity contribution in [3.05, 3.63) is 10.6 Å². The van der Waals surface area contributed by atoms with Crippen LogP contribution in [0.4, 0.5) is 5.13 Å². The molecule has 1 aliphatic rings. The summed E-state index contributed by atoms with van der Waals surface area (Å²) in [4.78, 5) is 21.6. The van der Waals surface area contributed by atoms with Gasteiger partial charge in [-0.25, -0.2) is 4.98 Å².